The van der Waals surface area contributed by atoms with Gasteiger partial charge in [0.25, 0.3) is 0 Å². The number of morpholine rings is 2. The Labute approximate surface area is 201 Å². The van der Waals surface area contributed by atoms with Gasteiger partial charge in [0.05, 0.1) is 40.6 Å². The minimum atomic E-state index is -0.593. The van der Waals surface area contributed by atoms with Crippen LogP contribution in [0, 0.1) is 11.8 Å². The first-order valence-corrected chi connectivity index (χ1v) is 11.9. The minimum Gasteiger partial charge on any atom is -0.468 e. The predicted octanol–water partition coefficient (Wildman–Crippen LogP) is 1.19. The maximum Gasteiger partial charge on any atom is 0.331 e. The van der Waals surface area contributed by atoms with Gasteiger partial charge in [0.2, 0.25) is 5.91 Å². The summed E-state index contributed by atoms with van der Waals surface area (Å²) in [6.45, 7) is 3.01. The van der Waals surface area contributed by atoms with Gasteiger partial charge in [0, 0.05) is 19.0 Å². The van der Waals surface area contributed by atoms with Gasteiger partial charge in [-0.15, -0.1) is 0 Å². The highest BCUT2D eigenvalue weighted by molar-refractivity contribution is 5.86. The number of methoxy groups -OCH3 is 2. The third kappa shape index (κ3) is 7.25. The Morgan fingerprint density at radius 3 is 2.41 bits per heavy atom. The van der Waals surface area contributed by atoms with Gasteiger partial charge < -0.3 is 29.2 Å². The largest absolute Gasteiger partial charge is 0.468 e. The summed E-state index contributed by atoms with van der Waals surface area (Å²) < 4.78 is 19.7. The van der Waals surface area contributed by atoms with E-state index in [4.69, 9.17) is 14.2 Å². The second kappa shape index (κ2) is 13.4. The van der Waals surface area contributed by atoms with Gasteiger partial charge >= 0.3 is 11.9 Å². The molecular formula is C25H36N2O7. The van der Waals surface area contributed by atoms with Crippen LogP contribution in [0.4, 0.5) is 0 Å². The van der Waals surface area contributed by atoms with Crippen LogP contribution < -0.4 is 5.32 Å². The number of nitrogens with one attached hydrogen (secondary N) is 1. The van der Waals surface area contributed by atoms with Crippen molar-refractivity contribution >= 4 is 17.8 Å². The molecule has 1 aromatic rings. The van der Waals surface area contributed by atoms with Crippen molar-refractivity contribution in [1.82, 2.24) is 10.2 Å². The van der Waals surface area contributed by atoms with E-state index in [1.807, 2.05) is 6.07 Å². The van der Waals surface area contributed by atoms with Crippen LogP contribution in [0.3, 0.4) is 0 Å². The number of amides is 1. The number of hydrogen-bond donors (Lipinski definition) is 1. The highest BCUT2D eigenvalue weighted by atomic mass is 16.5. The average Bonchev–Trinajstić information content (AvgIpc) is 3.37. The van der Waals surface area contributed by atoms with E-state index in [2.05, 4.69) is 34.3 Å². The Hall–Kier alpha value is -2.49. The van der Waals surface area contributed by atoms with Crippen LogP contribution in [0.5, 0.6) is 0 Å². The highest BCUT2D eigenvalue weighted by Crippen LogP contribution is 2.35. The lowest BCUT2D eigenvalue weighted by Gasteiger charge is -2.35. The van der Waals surface area contributed by atoms with E-state index in [-0.39, 0.29) is 36.4 Å². The zero-order valence-corrected chi connectivity index (χ0v) is 20.1. The molecule has 0 bridgehead atoms. The van der Waals surface area contributed by atoms with Crippen molar-refractivity contribution in [3.05, 3.63) is 35.9 Å². The number of nitrogens with zero attached hydrogens (tertiary/aromatic N) is 1. The van der Waals surface area contributed by atoms with E-state index in [1.54, 1.807) is 4.90 Å². The molecule has 1 N–H and O–H groups in total. The van der Waals surface area contributed by atoms with E-state index >= 15 is 0 Å². The maximum atomic E-state index is 12.9. The minimum absolute atomic E-state index is 0.0176. The fraction of sp³-hybridized carbons (Fsp3) is 0.640. The molecule has 1 aromatic carbocycles. The van der Waals surface area contributed by atoms with Crippen molar-refractivity contribution < 1.29 is 33.3 Å². The van der Waals surface area contributed by atoms with Crippen molar-refractivity contribution in [2.75, 3.05) is 53.7 Å². The molecule has 0 spiro atoms. The molecule has 1 aliphatic carbocycles. The molecule has 0 radical (unpaired) electrons. The SMILES string of the molecule is COC(=O)[C@@H]1COCCN1.COC(=O)[C@@H]1COCCN1C(=O)[C@@H]1CC[C@@H](Cc2ccccc2)C1. The first-order chi connectivity index (χ1) is 16.5. The first-order valence-electron chi connectivity index (χ1n) is 11.9. The molecule has 1 saturated carbocycles. The van der Waals surface area contributed by atoms with Crippen molar-refractivity contribution in [2.45, 2.75) is 37.8 Å². The molecule has 3 aliphatic rings. The van der Waals surface area contributed by atoms with E-state index in [1.165, 1.54) is 19.8 Å². The molecule has 3 fully saturated rings. The Balaban J connectivity index is 0.000000271. The van der Waals surface area contributed by atoms with E-state index in [0.717, 1.165) is 32.2 Å². The third-order valence-electron chi connectivity index (χ3n) is 6.55. The molecule has 9 nitrogen and oxygen atoms in total. The summed E-state index contributed by atoms with van der Waals surface area (Å²) in [4.78, 5) is 37.3. The quantitative estimate of drug-likeness (QED) is 0.633. The molecule has 0 aromatic heterocycles. The Morgan fingerprint density at radius 1 is 1.00 bits per heavy atom. The van der Waals surface area contributed by atoms with Crippen molar-refractivity contribution in [3.63, 3.8) is 0 Å². The molecular weight excluding hydrogens is 440 g/mol. The monoisotopic (exact) mass is 476 g/mol. The fourth-order valence-electron chi connectivity index (χ4n) is 4.72. The molecule has 34 heavy (non-hydrogen) atoms. The number of hydrogen-bond acceptors (Lipinski definition) is 8. The van der Waals surface area contributed by atoms with Crippen LogP contribution in [-0.4, -0.2) is 88.6 Å². The summed E-state index contributed by atoms with van der Waals surface area (Å²) in [6.07, 6.45) is 3.90. The fourth-order valence-corrected chi connectivity index (χ4v) is 4.72. The number of esters is 2. The van der Waals surface area contributed by atoms with Gasteiger partial charge in [0.15, 0.2) is 6.04 Å². The Kier molecular flexibility index (Phi) is 10.3. The van der Waals surface area contributed by atoms with Crippen molar-refractivity contribution in [2.24, 2.45) is 11.8 Å². The second-order valence-electron chi connectivity index (χ2n) is 8.82. The zero-order valence-electron chi connectivity index (χ0n) is 20.1. The molecule has 4 atom stereocenters. The van der Waals surface area contributed by atoms with Crippen LogP contribution in [0.25, 0.3) is 0 Å². The summed E-state index contributed by atoms with van der Waals surface area (Å²) in [5.41, 5.74) is 1.33. The molecule has 188 valence electrons. The van der Waals surface area contributed by atoms with Gasteiger partial charge in [0.1, 0.15) is 6.04 Å². The normalized spacial score (nSPS) is 26.7. The Morgan fingerprint density at radius 2 is 1.74 bits per heavy atom. The van der Waals surface area contributed by atoms with Gasteiger partial charge in [-0.1, -0.05) is 30.3 Å². The molecule has 2 heterocycles. The topological polar surface area (TPSA) is 103 Å². The van der Waals surface area contributed by atoms with Crippen LogP contribution in [0.1, 0.15) is 24.8 Å². The van der Waals surface area contributed by atoms with Gasteiger partial charge in [-0.2, -0.15) is 0 Å². The number of benzene rings is 1. The summed E-state index contributed by atoms with van der Waals surface area (Å²) in [5, 5.41) is 2.97. The lowest BCUT2D eigenvalue weighted by Crippen LogP contribution is -2.54. The number of ether oxygens (including phenoxy) is 4. The van der Waals surface area contributed by atoms with E-state index in [0.29, 0.717) is 32.3 Å². The van der Waals surface area contributed by atoms with Gasteiger partial charge in [-0.3, -0.25) is 9.59 Å². The zero-order chi connectivity index (χ0) is 24.3. The molecule has 9 heteroatoms. The summed E-state index contributed by atoms with van der Waals surface area (Å²) >= 11 is 0. The van der Waals surface area contributed by atoms with Crippen LogP contribution >= 0.6 is 0 Å². The molecule has 4 rings (SSSR count). The predicted molar refractivity (Wildman–Crippen MR) is 124 cm³/mol. The molecule has 0 unspecified atom stereocenters. The summed E-state index contributed by atoms with van der Waals surface area (Å²) in [5.74, 6) is 0.00813. The highest BCUT2D eigenvalue weighted by Gasteiger charge is 2.39. The number of carbonyl (C=O) groups is 3. The second-order valence-corrected chi connectivity index (χ2v) is 8.82. The van der Waals surface area contributed by atoms with Crippen LogP contribution in [0.2, 0.25) is 0 Å². The Bertz CT molecular complexity index is 798. The number of carbonyl (C=O) groups excluding carboxylic acids is 3. The standard InChI is InChI=1S/C19H25NO4.C6H11NO3/c1-23-19(22)17-13-24-10-9-20(17)18(21)16-8-7-15(12-16)11-14-5-3-2-4-6-14;1-9-6(8)5-4-10-3-2-7-5/h2-6,15-17H,7-13H2,1H3;5,7H,2-4H2,1H3/t15-,16+,17-;5-/m00/s1. The van der Waals surface area contributed by atoms with Gasteiger partial charge in [-0.05, 0) is 37.2 Å². The van der Waals surface area contributed by atoms with E-state index in [9.17, 15) is 14.4 Å². The molecule has 2 saturated heterocycles. The summed E-state index contributed by atoms with van der Waals surface area (Å²) in [7, 11) is 2.73. The lowest BCUT2D eigenvalue weighted by atomic mass is 9.96. The van der Waals surface area contributed by atoms with Gasteiger partial charge in [-0.25, -0.2) is 4.79 Å². The average molecular weight is 477 g/mol. The summed E-state index contributed by atoms with van der Waals surface area (Å²) in [6, 6.07) is 9.57. The molecule has 1 amide bonds. The van der Waals surface area contributed by atoms with Crippen molar-refractivity contribution in [1.29, 1.82) is 0 Å². The van der Waals surface area contributed by atoms with Crippen LogP contribution in [-0.2, 0) is 39.8 Å². The van der Waals surface area contributed by atoms with Crippen molar-refractivity contribution in [3.8, 4) is 0 Å². The maximum absolute atomic E-state index is 12.9. The van der Waals surface area contributed by atoms with Crippen LogP contribution in [0.15, 0.2) is 30.3 Å². The smallest absolute Gasteiger partial charge is 0.331 e. The van der Waals surface area contributed by atoms with E-state index < -0.39 is 6.04 Å². The lowest BCUT2D eigenvalue weighted by molar-refractivity contribution is -0.162. The first kappa shape index (κ1) is 26.1. The molecule has 2 aliphatic heterocycles. The third-order valence-corrected chi connectivity index (χ3v) is 6.55. The number of rotatable bonds is 5.